The minimum atomic E-state index is -0.636. The van der Waals surface area contributed by atoms with Crippen LogP contribution in [0.5, 0.6) is 0 Å². The van der Waals surface area contributed by atoms with E-state index in [2.05, 4.69) is 12.2 Å². The van der Waals surface area contributed by atoms with E-state index in [-0.39, 0.29) is 17.6 Å². The molecule has 22 heavy (non-hydrogen) atoms. The van der Waals surface area contributed by atoms with Crippen molar-refractivity contribution in [2.24, 2.45) is 0 Å². The van der Waals surface area contributed by atoms with Crippen LogP contribution in [0, 0.1) is 10.1 Å². The number of non-ortho nitro benzene ring substituents is 1. The first-order valence-electron chi connectivity index (χ1n) is 7.69. The van der Waals surface area contributed by atoms with Crippen LogP contribution in [0.4, 0.5) is 5.69 Å². The second-order valence-corrected chi connectivity index (χ2v) is 5.47. The van der Waals surface area contributed by atoms with Gasteiger partial charge in [-0.2, -0.15) is 0 Å². The molecular formula is C16H24N2O4. The fraction of sp³-hybridized carbons (Fsp3) is 0.562. The second kappa shape index (κ2) is 9.15. The van der Waals surface area contributed by atoms with E-state index in [1.54, 1.807) is 6.92 Å². The zero-order valence-corrected chi connectivity index (χ0v) is 13.1. The summed E-state index contributed by atoms with van der Waals surface area (Å²) < 4.78 is 0. The smallest absolute Gasteiger partial charge is 0.269 e. The summed E-state index contributed by atoms with van der Waals surface area (Å²) in [5.74, 6) is -0.323. The van der Waals surface area contributed by atoms with Crippen molar-refractivity contribution in [1.82, 2.24) is 5.32 Å². The molecule has 1 rings (SSSR count). The lowest BCUT2D eigenvalue weighted by Gasteiger charge is -2.21. The number of carbonyl (C=O) groups excluding carboxylic acids is 1. The van der Waals surface area contributed by atoms with Crippen molar-refractivity contribution in [2.45, 2.75) is 58.1 Å². The quantitative estimate of drug-likeness (QED) is 0.416. The molecule has 6 heteroatoms. The molecule has 1 amide bonds. The summed E-state index contributed by atoms with van der Waals surface area (Å²) in [5.41, 5.74) is 0.299. The van der Waals surface area contributed by atoms with Gasteiger partial charge in [-0.1, -0.05) is 32.6 Å². The lowest BCUT2D eigenvalue weighted by Crippen LogP contribution is -2.42. The molecule has 0 saturated carbocycles. The van der Waals surface area contributed by atoms with Crippen LogP contribution in [0.25, 0.3) is 0 Å². The molecule has 0 radical (unpaired) electrons. The number of aliphatic hydroxyl groups is 1. The number of benzene rings is 1. The van der Waals surface area contributed by atoms with Gasteiger partial charge in [0.25, 0.3) is 11.6 Å². The molecule has 2 N–H and O–H groups in total. The summed E-state index contributed by atoms with van der Waals surface area (Å²) in [5, 5.41) is 23.2. The highest BCUT2D eigenvalue weighted by atomic mass is 16.6. The predicted molar refractivity (Wildman–Crippen MR) is 84.8 cm³/mol. The summed E-state index contributed by atoms with van der Waals surface area (Å²) in [7, 11) is 0. The number of nitrogens with zero attached hydrogens (tertiary/aromatic N) is 1. The average molecular weight is 308 g/mol. The Balaban J connectivity index is 2.60. The van der Waals surface area contributed by atoms with Gasteiger partial charge in [-0.3, -0.25) is 14.9 Å². The normalized spacial score (nSPS) is 13.4. The van der Waals surface area contributed by atoms with Gasteiger partial charge in [-0.25, -0.2) is 0 Å². The van der Waals surface area contributed by atoms with Crippen molar-refractivity contribution in [3.63, 3.8) is 0 Å². The summed E-state index contributed by atoms with van der Waals surface area (Å²) in [6.45, 7) is 3.78. The van der Waals surface area contributed by atoms with Crippen LogP contribution in [0.1, 0.15) is 56.3 Å². The molecule has 0 heterocycles. The SMILES string of the molecule is CCCCCC[C@H](NC(=O)c1ccc([N+](=O)[O-])cc1)[C@@H](C)O. The van der Waals surface area contributed by atoms with Gasteiger partial charge in [-0.05, 0) is 25.5 Å². The maximum absolute atomic E-state index is 12.1. The number of nitrogens with one attached hydrogen (secondary N) is 1. The van der Waals surface area contributed by atoms with E-state index in [1.165, 1.54) is 24.3 Å². The lowest BCUT2D eigenvalue weighted by molar-refractivity contribution is -0.384. The van der Waals surface area contributed by atoms with Crippen molar-refractivity contribution < 1.29 is 14.8 Å². The molecule has 0 unspecified atom stereocenters. The van der Waals surface area contributed by atoms with Gasteiger partial charge in [-0.15, -0.1) is 0 Å². The highest BCUT2D eigenvalue weighted by Gasteiger charge is 2.18. The van der Waals surface area contributed by atoms with Crippen molar-refractivity contribution >= 4 is 11.6 Å². The number of amides is 1. The second-order valence-electron chi connectivity index (χ2n) is 5.47. The third-order valence-electron chi connectivity index (χ3n) is 3.61. The molecule has 1 aromatic carbocycles. The molecule has 0 aliphatic rings. The Morgan fingerprint density at radius 1 is 1.27 bits per heavy atom. The average Bonchev–Trinajstić information content (AvgIpc) is 2.50. The Morgan fingerprint density at radius 2 is 1.91 bits per heavy atom. The van der Waals surface area contributed by atoms with Gasteiger partial charge in [0.1, 0.15) is 0 Å². The molecule has 2 atom stereocenters. The van der Waals surface area contributed by atoms with Crippen LogP contribution < -0.4 is 5.32 Å². The van der Waals surface area contributed by atoms with Crippen LogP contribution in [0.2, 0.25) is 0 Å². The number of unbranched alkanes of at least 4 members (excludes halogenated alkanes) is 3. The maximum Gasteiger partial charge on any atom is 0.269 e. The molecule has 0 aliphatic carbocycles. The van der Waals surface area contributed by atoms with Gasteiger partial charge in [0.15, 0.2) is 0 Å². The Kier molecular flexibility index (Phi) is 7.52. The number of rotatable bonds is 9. The minimum Gasteiger partial charge on any atom is -0.391 e. The number of hydrogen-bond donors (Lipinski definition) is 2. The van der Waals surface area contributed by atoms with Gasteiger partial charge < -0.3 is 10.4 Å². The molecule has 122 valence electrons. The number of carbonyl (C=O) groups is 1. The summed E-state index contributed by atoms with van der Waals surface area (Å²) in [4.78, 5) is 22.2. The molecular weight excluding hydrogens is 284 g/mol. The monoisotopic (exact) mass is 308 g/mol. The molecule has 0 aliphatic heterocycles. The standard InChI is InChI=1S/C16H24N2O4/c1-3-4-5-6-7-15(12(2)19)17-16(20)13-8-10-14(11-9-13)18(21)22/h8-12,15,19H,3-7H2,1-2H3,(H,17,20)/t12-,15+/m1/s1. The van der Waals surface area contributed by atoms with E-state index in [0.29, 0.717) is 5.56 Å². The molecule has 0 fully saturated rings. The number of hydrogen-bond acceptors (Lipinski definition) is 4. The zero-order chi connectivity index (χ0) is 16.5. The third kappa shape index (κ3) is 5.81. The molecule has 0 spiro atoms. The van der Waals surface area contributed by atoms with Crippen LogP contribution in [-0.4, -0.2) is 28.1 Å². The summed E-state index contributed by atoms with van der Waals surface area (Å²) >= 11 is 0. The van der Waals surface area contributed by atoms with Gasteiger partial charge in [0.2, 0.25) is 0 Å². The molecule has 6 nitrogen and oxygen atoms in total. The fourth-order valence-corrected chi connectivity index (χ4v) is 2.21. The van der Waals surface area contributed by atoms with Crippen molar-refractivity contribution in [1.29, 1.82) is 0 Å². The first kappa shape index (κ1) is 18.1. The van der Waals surface area contributed by atoms with E-state index >= 15 is 0 Å². The van der Waals surface area contributed by atoms with Crippen LogP contribution in [-0.2, 0) is 0 Å². The molecule has 0 bridgehead atoms. The Morgan fingerprint density at radius 3 is 2.41 bits per heavy atom. The summed E-state index contributed by atoms with van der Waals surface area (Å²) in [6.07, 6.45) is 4.38. The first-order chi connectivity index (χ1) is 10.5. The minimum absolute atomic E-state index is 0.0526. The van der Waals surface area contributed by atoms with E-state index in [4.69, 9.17) is 0 Å². The number of aliphatic hydroxyl groups excluding tert-OH is 1. The van der Waals surface area contributed by atoms with Crippen LogP contribution in [0.15, 0.2) is 24.3 Å². The third-order valence-corrected chi connectivity index (χ3v) is 3.61. The molecule has 0 saturated heterocycles. The van der Waals surface area contributed by atoms with Gasteiger partial charge in [0.05, 0.1) is 17.1 Å². The maximum atomic E-state index is 12.1. The summed E-state index contributed by atoms with van der Waals surface area (Å²) in [6, 6.07) is 5.13. The van der Waals surface area contributed by atoms with Crippen LogP contribution >= 0.6 is 0 Å². The first-order valence-corrected chi connectivity index (χ1v) is 7.69. The van der Waals surface area contributed by atoms with Crippen molar-refractivity contribution in [3.05, 3.63) is 39.9 Å². The Hall–Kier alpha value is -1.95. The number of nitro groups is 1. The predicted octanol–water partition coefficient (Wildman–Crippen LogP) is 3.04. The largest absolute Gasteiger partial charge is 0.391 e. The van der Waals surface area contributed by atoms with Crippen molar-refractivity contribution in [2.75, 3.05) is 0 Å². The highest BCUT2D eigenvalue weighted by molar-refractivity contribution is 5.94. The van der Waals surface area contributed by atoms with Gasteiger partial charge in [0, 0.05) is 17.7 Å². The van der Waals surface area contributed by atoms with E-state index in [1.807, 2.05) is 0 Å². The Bertz CT molecular complexity index is 485. The van der Waals surface area contributed by atoms with Gasteiger partial charge >= 0.3 is 0 Å². The van der Waals surface area contributed by atoms with E-state index in [9.17, 15) is 20.0 Å². The number of nitro benzene ring substituents is 1. The lowest BCUT2D eigenvalue weighted by atomic mass is 10.0. The van der Waals surface area contributed by atoms with Crippen LogP contribution in [0.3, 0.4) is 0 Å². The zero-order valence-electron chi connectivity index (χ0n) is 13.1. The molecule has 1 aromatic rings. The van der Waals surface area contributed by atoms with E-state index < -0.39 is 11.0 Å². The topological polar surface area (TPSA) is 92.5 Å². The fourth-order valence-electron chi connectivity index (χ4n) is 2.21. The Labute approximate surface area is 130 Å². The van der Waals surface area contributed by atoms with Crippen molar-refractivity contribution in [3.8, 4) is 0 Å². The molecule has 0 aromatic heterocycles. The van der Waals surface area contributed by atoms with E-state index in [0.717, 1.165) is 32.1 Å². The highest BCUT2D eigenvalue weighted by Crippen LogP contribution is 2.13.